The van der Waals surface area contributed by atoms with Crippen molar-refractivity contribution in [1.82, 2.24) is 10.1 Å². The van der Waals surface area contributed by atoms with Gasteiger partial charge >= 0.3 is 5.97 Å². The van der Waals surface area contributed by atoms with Crippen molar-refractivity contribution in [2.45, 2.75) is 26.2 Å². The van der Waals surface area contributed by atoms with E-state index in [1.54, 1.807) is 6.92 Å². The number of likely N-dealkylation sites (tertiary alicyclic amines) is 1. The van der Waals surface area contributed by atoms with E-state index in [0.29, 0.717) is 19.4 Å². The summed E-state index contributed by atoms with van der Waals surface area (Å²) in [7, 11) is 0. The number of benzene rings is 2. The number of piperidine rings is 1. The lowest BCUT2D eigenvalue weighted by atomic mass is 9.74. The van der Waals surface area contributed by atoms with Gasteiger partial charge in [0.15, 0.2) is 0 Å². The molecule has 0 saturated carbocycles. The molecule has 1 aliphatic heterocycles. The van der Waals surface area contributed by atoms with Crippen molar-refractivity contribution in [3.8, 4) is 0 Å². The van der Waals surface area contributed by atoms with Crippen molar-refractivity contribution in [2.24, 2.45) is 5.41 Å². The molecule has 0 unspecified atom stereocenters. The number of aromatic nitrogens is 2. The van der Waals surface area contributed by atoms with Gasteiger partial charge in [-0.3, -0.25) is 14.2 Å². The Morgan fingerprint density at radius 3 is 2.84 bits per heavy atom. The molecule has 2 aromatic carbocycles. The second-order valence-corrected chi connectivity index (χ2v) is 7.88. The van der Waals surface area contributed by atoms with Gasteiger partial charge in [-0.05, 0) is 54.9 Å². The molecule has 4 rings (SSSR count). The summed E-state index contributed by atoms with van der Waals surface area (Å²) in [6, 6.07) is 7.58. The molecular weight excluding hydrogens is 424 g/mol. The highest BCUT2D eigenvalue weighted by molar-refractivity contribution is 5.97. The molecule has 168 valence electrons. The van der Waals surface area contributed by atoms with Crippen molar-refractivity contribution in [3.63, 3.8) is 0 Å². The third-order valence-corrected chi connectivity index (χ3v) is 5.75. The first-order chi connectivity index (χ1) is 15.3. The van der Waals surface area contributed by atoms with Crippen LogP contribution in [0.1, 0.15) is 35.7 Å². The van der Waals surface area contributed by atoms with Crippen LogP contribution >= 0.6 is 0 Å². The maximum Gasteiger partial charge on any atom is 0.314 e. The van der Waals surface area contributed by atoms with E-state index in [0.717, 1.165) is 12.1 Å². The Morgan fingerprint density at radius 1 is 1.28 bits per heavy atom. The molecule has 0 N–H and O–H groups in total. The first-order valence-electron chi connectivity index (χ1n) is 10.2. The summed E-state index contributed by atoms with van der Waals surface area (Å²) in [4.78, 5) is 27.9. The highest BCUT2D eigenvalue weighted by Gasteiger charge is 2.45. The van der Waals surface area contributed by atoms with Gasteiger partial charge in [0, 0.05) is 35.9 Å². The lowest BCUT2D eigenvalue weighted by molar-refractivity contribution is -0.782. The Hall–Kier alpha value is -3.56. The van der Waals surface area contributed by atoms with Crippen molar-refractivity contribution in [1.29, 1.82) is 0 Å². The topological polar surface area (TPSA) is 99.6 Å². The molecule has 32 heavy (non-hydrogen) atoms. The van der Waals surface area contributed by atoms with Gasteiger partial charge in [0.25, 0.3) is 5.91 Å². The predicted molar refractivity (Wildman–Crippen MR) is 107 cm³/mol. The fraction of sp³-hybridized carbons (Fsp3) is 0.364. The number of amides is 1. The standard InChI is InChI=1S/C22H21F2N3O5/c1-2-31-21(29)22(12-15-4-6-16(23)11-17(15)24)8-3-9-26(13-22)20(28)14-5-7-19-18(10-14)25-32-27(19)30/h4-7,10-11H,2-3,8-9,12-13H2,1H3/t22-/m0/s1. The van der Waals surface area contributed by atoms with Crippen molar-refractivity contribution >= 4 is 22.9 Å². The zero-order valence-corrected chi connectivity index (χ0v) is 17.3. The molecule has 0 spiro atoms. The highest BCUT2D eigenvalue weighted by Crippen LogP contribution is 2.36. The minimum absolute atomic E-state index is 0.0138. The number of nitrogens with zero attached hydrogens (tertiary/aromatic N) is 3. The Bertz CT molecular complexity index is 1180. The van der Waals surface area contributed by atoms with Gasteiger partial charge in [0.05, 0.1) is 12.0 Å². The number of fused-ring (bicyclic) bond motifs is 1. The molecule has 1 fully saturated rings. The van der Waals surface area contributed by atoms with Crippen LogP contribution in [0.25, 0.3) is 11.0 Å². The van der Waals surface area contributed by atoms with Crippen LogP contribution in [0.4, 0.5) is 8.78 Å². The number of esters is 1. The summed E-state index contributed by atoms with van der Waals surface area (Å²) in [6.07, 6.45) is 0.866. The van der Waals surface area contributed by atoms with Crippen LogP contribution in [0.15, 0.2) is 41.0 Å². The summed E-state index contributed by atoms with van der Waals surface area (Å²) in [5.41, 5.74) is -0.295. The molecule has 1 aromatic heterocycles. The van der Waals surface area contributed by atoms with Gasteiger partial charge in [-0.15, -0.1) is 0 Å². The number of carbonyl (C=O) groups is 2. The first kappa shape index (κ1) is 21.7. The van der Waals surface area contributed by atoms with E-state index in [1.165, 1.54) is 29.2 Å². The number of halogens is 2. The Balaban J connectivity index is 1.64. The van der Waals surface area contributed by atoms with E-state index in [4.69, 9.17) is 4.74 Å². The third kappa shape index (κ3) is 4.00. The van der Waals surface area contributed by atoms with E-state index < -0.39 is 23.0 Å². The third-order valence-electron chi connectivity index (χ3n) is 5.75. The molecule has 0 radical (unpaired) electrons. The minimum Gasteiger partial charge on any atom is -0.466 e. The first-order valence-corrected chi connectivity index (χ1v) is 10.2. The number of ether oxygens (including phenoxy) is 1. The SMILES string of the molecule is CCOC(=O)[C@]1(Cc2ccc(F)cc2F)CCCN(C(=O)c2ccc3c(c2)no[n+]3[O-])C1. The molecule has 8 nitrogen and oxygen atoms in total. The average molecular weight is 445 g/mol. The second-order valence-electron chi connectivity index (χ2n) is 7.88. The van der Waals surface area contributed by atoms with Crippen molar-refractivity contribution in [3.05, 3.63) is 64.4 Å². The van der Waals surface area contributed by atoms with Crippen LogP contribution in [0, 0.1) is 22.3 Å². The number of hydrogen-bond acceptors (Lipinski definition) is 6. The lowest BCUT2D eigenvalue weighted by Gasteiger charge is -2.41. The number of hydrogen-bond donors (Lipinski definition) is 0. The summed E-state index contributed by atoms with van der Waals surface area (Å²) in [5.74, 6) is -2.35. The molecule has 3 aromatic rings. The molecule has 0 bridgehead atoms. The largest absolute Gasteiger partial charge is 0.466 e. The van der Waals surface area contributed by atoms with Crippen LogP contribution in [-0.2, 0) is 16.0 Å². The van der Waals surface area contributed by atoms with E-state index in [2.05, 4.69) is 9.79 Å². The molecule has 2 heterocycles. The van der Waals surface area contributed by atoms with Gasteiger partial charge in [-0.1, -0.05) is 6.07 Å². The number of rotatable bonds is 5. The van der Waals surface area contributed by atoms with Crippen molar-refractivity contribution in [2.75, 3.05) is 19.7 Å². The molecule has 1 aliphatic rings. The van der Waals surface area contributed by atoms with E-state index >= 15 is 0 Å². The van der Waals surface area contributed by atoms with Crippen LogP contribution in [0.5, 0.6) is 0 Å². The molecule has 10 heteroatoms. The smallest absolute Gasteiger partial charge is 0.314 e. The summed E-state index contributed by atoms with van der Waals surface area (Å²) in [6.45, 7) is 2.22. The Morgan fingerprint density at radius 2 is 2.09 bits per heavy atom. The fourth-order valence-electron chi connectivity index (χ4n) is 4.19. The normalized spacial score (nSPS) is 18.7. The van der Waals surface area contributed by atoms with Gasteiger partial charge < -0.3 is 14.8 Å². The summed E-state index contributed by atoms with van der Waals surface area (Å²) in [5, 5.41) is 15.1. The predicted octanol–water partition coefficient (Wildman–Crippen LogP) is 2.77. The molecule has 1 amide bonds. The van der Waals surface area contributed by atoms with Crippen LogP contribution in [-0.4, -0.2) is 41.6 Å². The summed E-state index contributed by atoms with van der Waals surface area (Å²) < 4.78 is 37.5. The molecular formula is C22H21F2N3O5. The number of carbonyl (C=O) groups excluding carboxylic acids is 2. The second kappa shape index (κ2) is 8.52. The van der Waals surface area contributed by atoms with E-state index in [-0.39, 0.29) is 52.5 Å². The Labute approximate surface area is 181 Å². The highest BCUT2D eigenvalue weighted by atomic mass is 19.1. The molecule has 0 aliphatic carbocycles. The van der Waals surface area contributed by atoms with Crippen LogP contribution in [0.2, 0.25) is 0 Å². The maximum atomic E-state index is 14.4. The van der Waals surface area contributed by atoms with Crippen LogP contribution in [0.3, 0.4) is 0 Å². The maximum absolute atomic E-state index is 14.4. The molecule has 1 atom stereocenters. The monoisotopic (exact) mass is 445 g/mol. The van der Waals surface area contributed by atoms with Crippen LogP contribution < -0.4 is 4.90 Å². The minimum atomic E-state index is -1.17. The van der Waals surface area contributed by atoms with E-state index in [1.807, 2.05) is 0 Å². The zero-order valence-electron chi connectivity index (χ0n) is 17.3. The van der Waals surface area contributed by atoms with Gasteiger partial charge in [0.1, 0.15) is 11.6 Å². The average Bonchev–Trinajstić information content (AvgIpc) is 3.15. The fourth-order valence-corrected chi connectivity index (χ4v) is 4.19. The van der Waals surface area contributed by atoms with Gasteiger partial charge in [0.2, 0.25) is 11.0 Å². The lowest BCUT2D eigenvalue weighted by Crippen LogP contribution is -2.51. The van der Waals surface area contributed by atoms with Crippen molar-refractivity contribution < 1.29 is 32.6 Å². The summed E-state index contributed by atoms with van der Waals surface area (Å²) >= 11 is 0. The quantitative estimate of drug-likeness (QED) is 0.442. The molecule has 1 saturated heterocycles. The zero-order chi connectivity index (χ0) is 22.9. The Kier molecular flexibility index (Phi) is 5.77. The van der Waals surface area contributed by atoms with Gasteiger partial charge in [-0.25, -0.2) is 8.78 Å². The van der Waals surface area contributed by atoms with E-state index in [9.17, 15) is 23.6 Å². The van der Waals surface area contributed by atoms with Gasteiger partial charge in [-0.2, -0.15) is 0 Å².